The third-order valence-electron chi connectivity index (χ3n) is 2.88. The van der Waals surface area contributed by atoms with Crippen LogP contribution in [-0.4, -0.2) is 16.7 Å². The van der Waals surface area contributed by atoms with Gasteiger partial charge in [-0.15, -0.1) is 0 Å². The van der Waals surface area contributed by atoms with Crippen molar-refractivity contribution in [3.05, 3.63) is 47.7 Å². The molecule has 3 N–H and O–H groups in total. The summed E-state index contributed by atoms with van der Waals surface area (Å²) in [5, 5.41) is 17.7. The summed E-state index contributed by atoms with van der Waals surface area (Å²) in [4.78, 5) is 4.37. The Labute approximate surface area is 112 Å². The minimum absolute atomic E-state index is 0.140. The summed E-state index contributed by atoms with van der Waals surface area (Å²) >= 11 is 0. The predicted octanol–water partition coefficient (Wildman–Crippen LogP) is 2.13. The third-order valence-corrected chi connectivity index (χ3v) is 2.88. The van der Waals surface area contributed by atoms with E-state index in [4.69, 9.17) is 16.1 Å². The van der Waals surface area contributed by atoms with Gasteiger partial charge in [-0.1, -0.05) is 12.1 Å². The summed E-state index contributed by atoms with van der Waals surface area (Å²) < 4.78 is 0. The maximum atomic E-state index is 8.94. The molecule has 0 radical (unpaired) electrons. The number of rotatable bonds is 4. The average molecular weight is 253 g/mol. The van der Waals surface area contributed by atoms with E-state index in [-0.39, 0.29) is 6.61 Å². The Balaban J connectivity index is 2.39. The molecule has 2 rings (SSSR count). The van der Waals surface area contributed by atoms with Crippen LogP contribution in [0.15, 0.2) is 36.5 Å². The highest BCUT2D eigenvalue weighted by Gasteiger charge is 2.07. The number of aliphatic hydroxyl groups is 1. The van der Waals surface area contributed by atoms with Gasteiger partial charge in [-0.2, -0.15) is 5.26 Å². The van der Waals surface area contributed by atoms with Crippen LogP contribution < -0.4 is 5.73 Å². The number of pyridine rings is 1. The summed E-state index contributed by atoms with van der Waals surface area (Å²) in [7, 11) is 0. The summed E-state index contributed by atoms with van der Waals surface area (Å²) in [6.07, 6.45) is 3.02. The second-order valence-corrected chi connectivity index (χ2v) is 4.29. The van der Waals surface area contributed by atoms with E-state index in [2.05, 4.69) is 11.1 Å². The molecule has 2 aromatic rings. The van der Waals surface area contributed by atoms with Crippen LogP contribution in [0, 0.1) is 11.3 Å². The first-order valence-electron chi connectivity index (χ1n) is 6.10. The van der Waals surface area contributed by atoms with E-state index in [0.29, 0.717) is 17.7 Å². The maximum Gasteiger partial charge on any atom is 0.0991 e. The standard InChI is InChI=1S/C15H15N3O/c16-9-11-3-5-12(6-4-11)15-13(2-1-7-19)8-14(17)10-18-15/h3-6,8,10,19H,1-2,7,17H2. The zero-order chi connectivity index (χ0) is 13.7. The molecule has 4 heteroatoms. The molecule has 0 atom stereocenters. The van der Waals surface area contributed by atoms with E-state index in [0.717, 1.165) is 23.2 Å². The molecular weight excluding hydrogens is 238 g/mol. The van der Waals surface area contributed by atoms with Crippen molar-refractivity contribution < 1.29 is 5.11 Å². The van der Waals surface area contributed by atoms with Crippen LogP contribution in [0.5, 0.6) is 0 Å². The predicted molar refractivity (Wildman–Crippen MR) is 74.2 cm³/mol. The molecule has 0 spiro atoms. The molecular formula is C15H15N3O. The molecule has 0 aliphatic carbocycles. The Bertz CT molecular complexity index is 600. The maximum absolute atomic E-state index is 8.94. The van der Waals surface area contributed by atoms with Gasteiger partial charge in [0.05, 0.1) is 29.2 Å². The topological polar surface area (TPSA) is 82.9 Å². The van der Waals surface area contributed by atoms with Gasteiger partial charge in [0, 0.05) is 12.2 Å². The largest absolute Gasteiger partial charge is 0.397 e. The summed E-state index contributed by atoms with van der Waals surface area (Å²) in [5.74, 6) is 0. The van der Waals surface area contributed by atoms with Gasteiger partial charge in [0.1, 0.15) is 0 Å². The van der Waals surface area contributed by atoms with Crippen LogP contribution >= 0.6 is 0 Å². The van der Waals surface area contributed by atoms with E-state index in [9.17, 15) is 0 Å². The zero-order valence-electron chi connectivity index (χ0n) is 10.5. The van der Waals surface area contributed by atoms with Crippen LogP contribution in [0.2, 0.25) is 0 Å². The Hall–Kier alpha value is -2.38. The molecule has 4 nitrogen and oxygen atoms in total. The van der Waals surface area contributed by atoms with E-state index in [1.807, 2.05) is 18.2 Å². The lowest BCUT2D eigenvalue weighted by Crippen LogP contribution is -1.98. The first-order chi connectivity index (χ1) is 9.24. The summed E-state index contributed by atoms with van der Waals surface area (Å²) in [5.41, 5.74) is 9.81. The lowest BCUT2D eigenvalue weighted by molar-refractivity contribution is 0.288. The van der Waals surface area contributed by atoms with Crippen LogP contribution in [0.3, 0.4) is 0 Å². The lowest BCUT2D eigenvalue weighted by Gasteiger charge is -2.09. The number of hydrogen-bond donors (Lipinski definition) is 2. The fourth-order valence-electron chi connectivity index (χ4n) is 1.95. The summed E-state index contributed by atoms with van der Waals surface area (Å²) in [6, 6.07) is 11.3. The van der Waals surface area contributed by atoms with Gasteiger partial charge in [0.25, 0.3) is 0 Å². The molecule has 0 saturated carbocycles. The number of hydrogen-bond acceptors (Lipinski definition) is 4. The van der Waals surface area contributed by atoms with Crippen LogP contribution in [0.1, 0.15) is 17.5 Å². The zero-order valence-corrected chi connectivity index (χ0v) is 10.5. The van der Waals surface area contributed by atoms with Crippen molar-refractivity contribution in [3.63, 3.8) is 0 Å². The minimum atomic E-state index is 0.140. The molecule has 19 heavy (non-hydrogen) atoms. The highest BCUT2D eigenvalue weighted by Crippen LogP contribution is 2.24. The van der Waals surface area contributed by atoms with Gasteiger partial charge < -0.3 is 10.8 Å². The van der Waals surface area contributed by atoms with Gasteiger partial charge in [0.2, 0.25) is 0 Å². The van der Waals surface area contributed by atoms with Crippen molar-refractivity contribution in [3.8, 4) is 17.3 Å². The highest BCUT2D eigenvalue weighted by atomic mass is 16.2. The van der Waals surface area contributed by atoms with Crippen molar-refractivity contribution in [2.45, 2.75) is 12.8 Å². The van der Waals surface area contributed by atoms with Crippen LogP contribution in [-0.2, 0) is 6.42 Å². The first-order valence-corrected chi connectivity index (χ1v) is 6.10. The number of aliphatic hydroxyl groups excluding tert-OH is 1. The molecule has 1 aromatic carbocycles. The Kier molecular flexibility index (Phi) is 4.11. The van der Waals surface area contributed by atoms with E-state index in [1.165, 1.54) is 0 Å². The Morgan fingerprint density at radius 3 is 2.63 bits per heavy atom. The number of aromatic nitrogens is 1. The van der Waals surface area contributed by atoms with Crippen molar-refractivity contribution in [1.82, 2.24) is 4.98 Å². The smallest absolute Gasteiger partial charge is 0.0991 e. The van der Waals surface area contributed by atoms with Crippen LogP contribution in [0.25, 0.3) is 11.3 Å². The number of nitrogens with zero attached hydrogens (tertiary/aromatic N) is 2. The first kappa shape index (κ1) is 13.1. The number of nitrogen functional groups attached to an aromatic ring is 1. The van der Waals surface area contributed by atoms with Gasteiger partial charge >= 0.3 is 0 Å². The fourth-order valence-corrected chi connectivity index (χ4v) is 1.95. The highest BCUT2D eigenvalue weighted by molar-refractivity contribution is 5.65. The number of benzene rings is 1. The lowest BCUT2D eigenvalue weighted by atomic mass is 10.0. The monoisotopic (exact) mass is 253 g/mol. The van der Waals surface area contributed by atoms with E-state index in [1.54, 1.807) is 18.3 Å². The SMILES string of the molecule is N#Cc1ccc(-c2ncc(N)cc2CCCO)cc1. The molecule has 0 bridgehead atoms. The van der Waals surface area contributed by atoms with E-state index >= 15 is 0 Å². The molecule has 0 amide bonds. The molecule has 0 fully saturated rings. The van der Waals surface area contributed by atoms with Crippen molar-refractivity contribution >= 4 is 5.69 Å². The number of aryl methyl sites for hydroxylation is 1. The van der Waals surface area contributed by atoms with Gasteiger partial charge in [-0.3, -0.25) is 4.98 Å². The Morgan fingerprint density at radius 2 is 2.00 bits per heavy atom. The quantitative estimate of drug-likeness (QED) is 0.874. The number of anilines is 1. The second kappa shape index (κ2) is 5.98. The van der Waals surface area contributed by atoms with Crippen molar-refractivity contribution in [2.24, 2.45) is 0 Å². The minimum Gasteiger partial charge on any atom is -0.397 e. The average Bonchev–Trinajstić information content (AvgIpc) is 2.45. The Morgan fingerprint density at radius 1 is 1.26 bits per heavy atom. The molecule has 96 valence electrons. The second-order valence-electron chi connectivity index (χ2n) is 4.29. The molecule has 0 unspecified atom stereocenters. The molecule has 0 aliphatic rings. The van der Waals surface area contributed by atoms with Gasteiger partial charge in [-0.05, 0) is 36.6 Å². The van der Waals surface area contributed by atoms with Crippen molar-refractivity contribution in [1.29, 1.82) is 5.26 Å². The van der Waals surface area contributed by atoms with Crippen LogP contribution in [0.4, 0.5) is 5.69 Å². The van der Waals surface area contributed by atoms with Crippen molar-refractivity contribution in [2.75, 3.05) is 12.3 Å². The molecule has 0 aliphatic heterocycles. The number of nitrogens with two attached hydrogens (primary N) is 1. The van der Waals surface area contributed by atoms with Gasteiger partial charge in [0.15, 0.2) is 0 Å². The molecule has 1 aromatic heterocycles. The fraction of sp³-hybridized carbons (Fsp3) is 0.200. The van der Waals surface area contributed by atoms with E-state index < -0.39 is 0 Å². The molecule has 1 heterocycles. The number of nitriles is 1. The normalized spacial score (nSPS) is 10.1. The van der Waals surface area contributed by atoms with Gasteiger partial charge in [-0.25, -0.2) is 0 Å². The summed E-state index contributed by atoms with van der Waals surface area (Å²) in [6.45, 7) is 0.140. The molecule has 0 saturated heterocycles. The third kappa shape index (κ3) is 3.09.